The van der Waals surface area contributed by atoms with Gasteiger partial charge in [-0.25, -0.2) is 14.4 Å². The number of aromatic nitrogens is 14. The van der Waals surface area contributed by atoms with E-state index in [1.165, 1.54) is 64.1 Å². The molecule has 0 unspecified atom stereocenters. The van der Waals surface area contributed by atoms with Gasteiger partial charge in [-0.2, -0.15) is 19.2 Å². The molecule has 0 radical (unpaired) electrons. The zero-order valence-corrected chi connectivity index (χ0v) is 31.6. The fourth-order valence-corrected chi connectivity index (χ4v) is 5.58. The number of benzene rings is 2. The molecule has 0 fully saturated rings. The van der Waals surface area contributed by atoms with E-state index in [9.17, 15) is 4.39 Å². The standard InChI is InChI=1S/C20H23N7O.C19H20FN7O/c1-13-8-6-7-9-14(13)18-24-23-16-10-15(20(2,3)4)19(25-27(16)18)28-11-17-21-12-22-26(17)5;1-19(2,3)13-9-15-23-24-17(12-7-5-6-8-14(12)20)27(15)25-18(13)28-10-16-21-11-22-26(16)4/h6-10,12H,11H2,1-5H3;5-9,11H,10H2,1-4H3/i2D3,11D2;1D3. The van der Waals surface area contributed by atoms with Gasteiger partial charge in [0.25, 0.3) is 0 Å². The van der Waals surface area contributed by atoms with Crippen LogP contribution in [0.5, 0.6) is 11.8 Å². The molecule has 17 heteroatoms. The quantitative estimate of drug-likeness (QED) is 0.176. The number of fused-ring (bicyclic) bond motifs is 2. The predicted octanol–water partition coefficient (Wildman–Crippen LogP) is 6.04. The Labute approximate surface area is 333 Å². The number of hydrogen-bond acceptors (Lipinski definition) is 12. The van der Waals surface area contributed by atoms with Gasteiger partial charge in [-0.05, 0) is 47.6 Å². The van der Waals surface area contributed by atoms with E-state index < -0.39 is 36.9 Å². The van der Waals surface area contributed by atoms with Crippen LogP contribution in [0.3, 0.4) is 0 Å². The van der Waals surface area contributed by atoms with Crippen molar-refractivity contribution in [1.29, 1.82) is 0 Å². The monoisotopic (exact) mass is 766 g/mol. The summed E-state index contributed by atoms with van der Waals surface area (Å²) in [4.78, 5) is 8.04. The number of ether oxygens (including phenoxy) is 2. The molecule has 0 amide bonds. The number of aryl methyl sites for hydroxylation is 3. The molecule has 16 nitrogen and oxygen atoms in total. The normalized spacial score (nSPS) is 14.7. The summed E-state index contributed by atoms with van der Waals surface area (Å²) < 4.78 is 96.4. The molecule has 8 aromatic rings. The molecular formula is C39H43FN14O2. The van der Waals surface area contributed by atoms with Crippen LogP contribution in [0.25, 0.3) is 34.1 Å². The molecule has 0 spiro atoms. The molecule has 56 heavy (non-hydrogen) atoms. The van der Waals surface area contributed by atoms with E-state index in [2.05, 4.69) is 50.8 Å². The lowest BCUT2D eigenvalue weighted by Crippen LogP contribution is -2.17. The minimum Gasteiger partial charge on any atom is -0.468 e. The minimum absolute atomic E-state index is 0.0102. The Balaban J connectivity index is 0.000000192. The van der Waals surface area contributed by atoms with Gasteiger partial charge in [-0.15, -0.1) is 30.6 Å². The summed E-state index contributed by atoms with van der Waals surface area (Å²) in [6, 6.07) is 16.8. The maximum absolute atomic E-state index is 14.4. The number of halogens is 1. The average molecular weight is 767 g/mol. The summed E-state index contributed by atoms with van der Waals surface area (Å²) >= 11 is 0. The van der Waals surface area contributed by atoms with Gasteiger partial charge in [0, 0.05) is 39.0 Å². The van der Waals surface area contributed by atoms with E-state index in [-0.39, 0.29) is 46.8 Å². The second kappa shape index (κ2) is 14.9. The molecule has 0 N–H and O–H groups in total. The molecule has 0 saturated carbocycles. The number of nitrogens with zero attached hydrogens (tertiary/aromatic N) is 14. The second-order valence-electron chi connectivity index (χ2n) is 13.9. The van der Waals surface area contributed by atoms with Gasteiger partial charge in [0.1, 0.15) is 31.6 Å². The van der Waals surface area contributed by atoms with Gasteiger partial charge < -0.3 is 9.47 Å². The zero-order chi connectivity index (χ0) is 46.6. The molecule has 8 rings (SSSR count). The highest BCUT2D eigenvalue weighted by atomic mass is 19.1. The summed E-state index contributed by atoms with van der Waals surface area (Å²) in [5.74, 6) is 0.412. The van der Waals surface area contributed by atoms with E-state index in [4.69, 9.17) is 20.4 Å². The Bertz CT molecular complexity index is 2970. The lowest BCUT2D eigenvalue weighted by Gasteiger charge is -2.21. The van der Waals surface area contributed by atoms with Crippen LogP contribution in [0, 0.1) is 12.7 Å². The summed E-state index contributed by atoms with van der Waals surface area (Å²) in [5.41, 5.74) is 0.288. The van der Waals surface area contributed by atoms with Crippen LogP contribution in [0.4, 0.5) is 4.39 Å². The van der Waals surface area contributed by atoms with E-state index in [1.807, 2.05) is 31.2 Å². The van der Waals surface area contributed by atoms with Gasteiger partial charge in [0.05, 0.1) is 8.30 Å². The van der Waals surface area contributed by atoms with Crippen molar-refractivity contribution >= 4 is 11.3 Å². The molecular weight excluding hydrogens is 716 g/mol. The molecule has 2 aromatic carbocycles. The fraction of sp³-hybridized carbons (Fsp3) is 0.333. The molecule has 0 saturated heterocycles. The van der Waals surface area contributed by atoms with E-state index in [0.29, 0.717) is 22.9 Å². The molecule has 0 aliphatic rings. The Morgan fingerprint density at radius 3 is 1.75 bits per heavy atom. The second-order valence-corrected chi connectivity index (χ2v) is 13.9. The van der Waals surface area contributed by atoms with Gasteiger partial charge in [0.2, 0.25) is 11.8 Å². The van der Waals surface area contributed by atoms with Gasteiger partial charge >= 0.3 is 0 Å². The van der Waals surface area contributed by atoms with Gasteiger partial charge in [0.15, 0.2) is 34.6 Å². The SMILES string of the molecule is [2H]C([2H])(Oc1nn2c(-c3ccccc3C)nnc2cc1C(C)(C)C([2H])([2H])[2H])c1ncnn1C.[2H]C([2H])([2H])C(C)(C)c1cc2nnc(-c3ccccc3F)n2nc1OCc1ncnn1C. The Kier molecular flexibility index (Phi) is 7.64. The smallest absolute Gasteiger partial charge is 0.236 e. The van der Waals surface area contributed by atoms with Crippen molar-refractivity contribution in [2.24, 2.45) is 14.1 Å². The number of rotatable bonds is 8. The third kappa shape index (κ3) is 7.65. The molecule has 0 aliphatic carbocycles. The molecule has 6 heterocycles. The summed E-state index contributed by atoms with van der Waals surface area (Å²) in [5, 5.41) is 33.4. The van der Waals surface area contributed by atoms with Crippen LogP contribution in [-0.2, 0) is 38.1 Å². The van der Waals surface area contributed by atoms with Crippen molar-refractivity contribution in [3.05, 3.63) is 107 Å². The topological polar surface area (TPSA) is 166 Å². The first-order chi connectivity index (χ1) is 29.9. The fourth-order valence-electron chi connectivity index (χ4n) is 5.58. The molecule has 0 aliphatic heterocycles. The highest BCUT2D eigenvalue weighted by molar-refractivity contribution is 5.63. The van der Waals surface area contributed by atoms with E-state index in [0.717, 1.165) is 11.1 Å². The van der Waals surface area contributed by atoms with Crippen LogP contribution >= 0.6 is 0 Å². The van der Waals surface area contributed by atoms with Gasteiger partial charge in [-0.3, -0.25) is 9.36 Å². The number of hydrogen-bond donors (Lipinski definition) is 0. The minimum atomic E-state index is -2.44. The predicted molar refractivity (Wildman–Crippen MR) is 205 cm³/mol. The molecule has 0 atom stereocenters. The summed E-state index contributed by atoms with van der Waals surface area (Å²) in [6.45, 7) is 0.929. The van der Waals surface area contributed by atoms with Crippen molar-refractivity contribution < 1.29 is 24.8 Å². The van der Waals surface area contributed by atoms with Crippen molar-refractivity contribution in [2.45, 2.75) is 72.3 Å². The van der Waals surface area contributed by atoms with Gasteiger partial charge in [-0.1, -0.05) is 77.8 Å². The lowest BCUT2D eigenvalue weighted by atomic mass is 9.88. The van der Waals surface area contributed by atoms with Crippen LogP contribution < -0.4 is 9.47 Å². The maximum Gasteiger partial charge on any atom is 0.236 e. The molecule has 288 valence electrons. The summed E-state index contributed by atoms with van der Waals surface area (Å²) in [7, 11) is 3.25. The third-order valence-corrected chi connectivity index (χ3v) is 8.66. The molecule has 6 aromatic heterocycles. The van der Waals surface area contributed by atoms with Crippen LogP contribution in [0.15, 0.2) is 73.3 Å². The lowest BCUT2D eigenvalue weighted by molar-refractivity contribution is 0.266. The first kappa shape index (κ1) is 28.7. The Morgan fingerprint density at radius 1 is 0.696 bits per heavy atom. The summed E-state index contributed by atoms with van der Waals surface area (Å²) in [6.07, 6.45) is 2.59. The van der Waals surface area contributed by atoms with Crippen LogP contribution in [0.1, 0.15) is 80.7 Å². The Hall–Kier alpha value is -6.65. The maximum atomic E-state index is 14.4. The third-order valence-electron chi connectivity index (χ3n) is 8.66. The van der Waals surface area contributed by atoms with Crippen LogP contribution in [-0.4, -0.2) is 69.2 Å². The van der Waals surface area contributed by atoms with Crippen molar-refractivity contribution in [1.82, 2.24) is 69.2 Å². The first-order valence-corrected chi connectivity index (χ1v) is 17.3. The van der Waals surface area contributed by atoms with E-state index in [1.54, 1.807) is 45.2 Å². The largest absolute Gasteiger partial charge is 0.468 e. The first-order valence-electron chi connectivity index (χ1n) is 21.3. The van der Waals surface area contributed by atoms with E-state index >= 15 is 0 Å². The van der Waals surface area contributed by atoms with Crippen LogP contribution in [0.2, 0.25) is 0 Å². The Morgan fingerprint density at radius 2 is 1.21 bits per heavy atom. The van der Waals surface area contributed by atoms with Crippen molar-refractivity contribution in [3.8, 4) is 34.5 Å². The highest BCUT2D eigenvalue weighted by Gasteiger charge is 2.26. The molecule has 0 bridgehead atoms. The average Bonchev–Trinajstić information content (AvgIpc) is 4.03. The zero-order valence-electron chi connectivity index (χ0n) is 39.6. The highest BCUT2D eigenvalue weighted by Crippen LogP contribution is 2.34. The van der Waals surface area contributed by atoms with Crippen molar-refractivity contribution in [2.75, 3.05) is 0 Å². The van der Waals surface area contributed by atoms with Crippen molar-refractivity contribution in [3.63, 3.8) is 0 Å².